The summed E-state index contributed by atoms with van der Waals surface area (Å²) < 4.78 is 0. The standard InChI is InChI=1S/C20H27N3O2/c1-2-3-6-19(24)22-16-8-9-18-17(13-16)15(14-21-18)7-10-20(25)23-11-4-5-12-23/h8-9,13-14,21H,2-7,10-12H2,1H3,(H,22,24). The summed E-state index contributed by atoms with van der Waals surface area (Å²) >= 11 is 0. The van der Waals surface area contributed by atoms with Crippen LogP contribution in [-0.2, 0) is 16.0 Å². The van der Waals surface area contributed by atoms with Gasteiger partial charge < -0.3 is 15.2 Å². The molecule has 2 aromatic rings. The van der Waals surface area contributed by atoms with Gasteiger partial charge in [-0.05, 0) is 49.4 Å². The number of H-pyrrole nitrogens is 1. The first-order valence-corrected chi connectivity index (χ1v) is 9.35. The van der Waals surface area contributed by atoms with Crippen molar-refractivity contribution in [1.82, 2.24) is 9.88 Å². The molecule has 134 valence electrons. The van der Waals surface area contributed by atoms with Crippen LogP contribution in [0.3, 0.4) is 0 Å². The molecule has 0 aliphatic carbocycles. The third-order valence-corrected chi connectivity index (χ3v) is 4.88. The SMILES string of the molecule is CCCCC(=O)Nc1ccc2[nH]cc(CCC(=O)N3CCCC3)c2c1. The zero-order valence-corrected chi connectivity index (χ0v) is 14.9. The van der Waals surface area contributed by atoms with Gasteiger partial charge in [0.25, 0.3) is 0 Å². The summed E-state index contributed by atoms with van der Waals surface area (Å²) in [6.45, 7) is 3.89. The summed E-state index contributed by atoms with van der Waals surface area (Å²) in [7, 11) is 0. The van der Waals surface area contributed by atoms with E-state index in [1.54, 1.807) is 0 Å². The van der Waals surface area contributed by atoms with Gasteiger partial charge in [0, 0.05) is 48.7 Å². The fourth-order valence-corrected chi connectivity index (χ4v) is 3.39. The summed E-state index contributed by atoms with van der Waals surface area (Å²) in [5.74, 6) is 0.304. The number of fused-ring (bicyclic) bond motifs is 1. The lowest BCUT2D eigenvalue weighted by atomic mass is 10.1. The van der Waals surface area contributed by atoms with Crippen molar-refractivity contribution in [2.45, 2.75) is 51.9 Å². The first-order valence-electron chi connectivity index (χ1n) is 9.35. The fourth-order valence-electron chi connectivity index (χ4n) is 3.39. The van der Waals surface area contributed by atoms with E-state index in [9.17, 15) is 9.59 Å². The van der Waals surface area contributed by atoms with Crippen LogP contribution < -0.4 is 5.32 Å². The largest absolute Gasteiger partial charge is 0.361 e. The summed E-state index contributed by atoms with van der Waals surface area (Å²) in [5, 5.41) is 4.05. The lowest BCUT2D eigenvalue weighted by Gasteiger charge is -2.14. The third kappa shape index (κ3) is 4.41. The molecule has 5 nitrogen and oxygen atoms in total. The average Bonchev–Trinajstić information content (AvgIpc) is 3.27. The van der Waals surface area contributed by atoms with Gasteiger partial charge in [0.1, 0.15) is 0 Å². The maximum absolute atomic E-state index is 12.2. The molecule has 0 saturated carbocycles. The Balaban J connectivity index is 1.65. The van der Waals surface area contributed by atoms with E-state index < -0.39 is 0 Å². The predicted molar refractivity (Wildman–Crippen MR) is 101 cm³/mol. The number of aromatic amines is 1. The van der Waals surface area contributed by atoms with Crippen molar-refractivity contribution in [2.75, 3.05) is 18.4 Å². The lowest BCUT2D eigenvalue weighted by Crippen LogP contribution is -2.27. The first kappa shape index (κ1) is 17.5. The number of rotatable bonds is 7. The first-order chi connectivity index (χ1) is 12.2. The van der Waals surface area contributed by atoms with E-state index in [0.29, 0.717) is 12.8 Å². The molecule has 3 rings (SSSR count). The van der Waals surface area contributed by atoms with Gasteiger partial charge in [0.2, 0.25) is 11.8 Å². The Bertz CT molecular complexity index is 744. The predicted octanol–water partition coefficient (Wildman–Crippen LogP) is 3.85. The van der Waals surface area contributed by atoms with Gasteiger partial charge in [-0.1, -0.05) is 13.3 Å². The Morgan fingerprint density at radius 1 is 1.20 bits per heavy atom. The van der Waals surface area contributed by atoms with E-state index in [1.807, 2.05) is 29.3 Å². The molecule has 1 aromatic carbocycles. The molecule has 0 spiro atoms. The summed E-state index contributed by atoms with van der Waals surface area (Å²) in [6, 6.07) is 5.91. The molecule has 25 heavy (non-hydrogen) atoms. The molecule has 0 radical (unpaired) electrons. The number of likely N-dealkylation sites (tertiary alicyclic amines) is 1. The number of carbonyl (C=O) groups is 2. The van der Waals surface area contributed by atoms with Gasteiger partial charge in [-0.2, -0.15) is 0 Å². The van der Waals surface area contributed by atoms with E-state index in [-0.39, 0.29) is 11.8 Å². The van der Waals surface area contributed by atoms with Crippen molar-refractivity contribution in [1.29, 1.82) is 0 Å². The number of carbonyl (C=O) groups excluding carboxylic acids is 2. The van der Waals surface area contributed by atoms with Crippen LogP contribution >= 0.6 is 0 Å². The normalized spacial score (nSPS) is 14.2. The fraction of sp³-hybridized carbons (Fsp3) is 0.500. The minimum Gasteiger partial charge on any atom is -0.361 e. The minimum atomic E-state index is 0.0579. The number of hydrogen-bond acceptors (Lipinski definition) is 2. The summed E-state index contributed by atoms with van der Waals surface area (Å²) in [4.78, 5) is 29.4. The average molecular weight is 341 g/mol. The second-order valence-corrected chi connectivity index (χ2v) is 6.81. The van der Waals surface area contributed by atoms with Gasteiger partial charge in [-0.3, -0.25) is 9.59 Å². The molecular weight excluding hydrogens is 314 g/mol. The number of benzene rings is 1. The molecule has 2 heterocycles. The molecule has 1 aromatic heterocycles. The Labute approximate surface area is 148 Å². The van der Waals surface area contributed by atoms with Crippen LogP contribution in [0.5, 0.6) is 0 Å². The van der Waals surface area contributed by atoms with E-state index in [0.717, 1.165) is 67.3 Å². The third-order valence-electron chi connectivity index (χ3n) is 4.88. The van der Waals surface area contributed by atoms with E-state index >= 15 is 0 Å². The quantitative estimate of drug-likeness (QED) is 0.803. The van der Waals surface area contributed by atoms with Crippen molar-refractivity contribution in [3.8, 4) is 0 Å². The summed E-state index contributed by atoms with van der Waals surface area (Å²) in [5.41, 5.74) is 2.99. The molecule has 0 bridgehead atoms. The van der Waals surface area contributed by atoms with Crippen LogP contribution in [0.15, 0.2) is 24.4 Å². The second kappa shape index (κ2) is 8.19. The molecule has 1 saturated heterocycles. The molecule has 0 atom stereocenters. The van der Waals surface area contributed by atoms with Gasteiger partial charge in [0.05, 0.1) is 0 Å². The number of anilines is 1. The number of aromatic nitrogens is 1. The van der Waals surface area contributed by atoms with Crippen LogP contribution in [0.1, 0.15) is 51.0 Å². The van der Waals surface area contributed by atoms with Gasteiger partial charge in [0.15, 0.2) is 0 Å². The maximum Gasteiger partial charge on any atom is 0.224 e. The molecule has 0 unspecified atom stereocenters. The van der Waals surface area contributed by atoms with Crippen molar-refractivity contribution in [3.63, 3.8) is 0 Å². The number of hydrogen-bond donors (Lipinski definition) is 2. The second-order valence-electron chi connectivity index (χ2n) is 6.81. The maximum atomic E-state index is 12.2. The highest BCUT2D eigenvalue weighted by atomic mass is 16.2. The monoisotopic (exact) mass is 341 g/mol. The summed E-state index contributed by atoms with van der Waals surface area (Å²) in [6.07, 6.45) is 7.97. The number of amides is 2. The minimum absolute atomic E-state index is 0.0579. The van der Waals surface area contributed by atoms with Crippen LogP contribution in [0.2, 0.25) is 0 Å². The molecule has 1 fully saturated rings. The highest BCUT2D eigenvalue weighted by molar-refractivity contribution is 5.94. The van der Waals surface area contributed by atoms with Crippen molar-refractivity contribution >= 4 is 28.4 Å². The topological polar surface area (TPSA) is 65.2 Å². The molecule has 2 amide bonds. The van der Waals surface area contributed by atoms with Crippen molar-refractivity contribution in [2.24, 2.45) is 0 Å². The molecule has 1 aliphatic heterocycles. The van der Waals surface area contributed by atoms with E-state index in [4.69, 9.17) is 0 Å². The zero-order chi connectivity index (χ0) is 17.6. The van der Waals surface area contributed by atoms with Crippen molar-refractivity contribution in [3.05, 3.63) is 30.0 Å². The van der Waals surface area contributed by atoms with Crippen LogP contribution in [0, 0.1) is 0 Å². The molecular formula is C20H27N3O2. The lowest BCUT2D eigenvalue weighted by molar-refractivity contribution is -0.130. The van der Waals surface area contributed by atoms with Crippen LogP contribution in [0.4, 0.5) is 5.69 Å². The van der Waals surface area contributed by atoms with E-state index in [1.165, 1.54) is 0 Å². The number of aryl methyl sites for hydroxylation is 1. The Morgan fingerprint density at radius 3 is 2.76 bits per heavy atom. The number of nitrogens with zero attached hydrogens (tertiary/aromatic N) is 1. The zero-order valence-electron chi connectivity index (χ0n) is 14.9. The molecule has 5 heteroatoms. The number of nitrogens with one attached hydrogen (secondary N) is 2. The van der Waals surface area contributed by atoms with Crippen molar-refractivity contribution < 1.29 is 9.59 Å². The highest BCUT2D eigenvalue weighted by Crippen LogP contribution is 2.24. The molecule has 1 aliphatic rings. The van der Waals surface area contributed by atoms with E-state index in [2.05, 4.69) is 17.2 Å². The number of unbranched alkanes of at least 4 members (excludes halogenated alkanes) is 1. The van der Waals surface area contributed by atoms with Gasteiger partial charge >= 0.3 is 0 Å². The van der Waals surface area contributed by atoms with Crippen LogP contribution in [-0.4, -0.2) is 34.8 Å². The van der Waals surface area contributed by atoms with Crippen LogP contribution in [0.25, 0.3) is 10.9 Å². The van der Waals surface area contributed by atoms with Gasteiger partial charge in [-0.15, -0.1) is 0 Å². The highest BCUT2D eigenvalue weighted by Gasteiger charge is 2.18. The Morgan fingerprint density at radius 2 is 2.00 bits per heavy atom. The Kier molecular flexibility index (Phi) is 5.74. The smallest absolute Gasteiger partial charge is 0.224 e. The Hall–Kier alpha value is -2.30. The van der Waals surface area contributed by atoms with Gasteiger partial charge in [-0.25, -0.2) is 0 Å². The molecule has 2 N–H and O–H groups in total.